The van der Waals surface area contributed by atoms with E-state index in [0.717, 1.165) is 49.9 Å². The van der Waals surface area contributed by atoms with E-state index >= 15 is 0 Å². The molecule has 0 unspecified atom stereocenters. The van der Waals surface area contributed by atoms with E-state index in [4.69, 9.17) is 9.40 Å². The molecule has 2 heterocycles. The van der Waals surface area contributed by atoms with Crippen molar-refractivity contribution in [3.05, 3.63) is 157 Å². The average molecular weight is 579 g/mol. The van der Waals surface area contributed by atoms with E-state index in [0.29, 0.717) is 0 Å². The Kier molecular flexibility index (Phi) is 5.54. The van der Waals surface area contributed by atoms with E-state index in [2.05, 4.69) is 146 Å². The normalized spacial score (nSPS) is 13.3. The van der Waals surface area contributed by atoms with E-state index < -0.39 is 0 Å². The molecule has 0 N–H and O–H groups in total. The van der Waals surface area contributed by atoms with Gasteiger partial charge in [0.1, 0.15) is 17.0 Å². The molecule has 0 atom stereocenters. The van der Waals surface area contributed by atoms with Crippen LogP contribution in [0.15, 0.2) is 150 Å². The van der Waals surface area contributed by atoms with Crippen molar-refractivity contribution in [2.75, 3.05) is 4.90 Å². The predicted molar refractivity (Wildman–Crippen MR) is 187 cm³/mol. The molecule has 0 saturated heterocycles. The molecule has 0 aliphatic heterocycles. The fourth-order valence-electron chi connectivity index (χ4n) is 7.25. The van der Waals surface area contributed by atoms with Crippen LogP contribution >= 0.6 is 0 Å². The summed E-state index contributed by atoms with van der Waals surface area (Å²) in [5.74, 6) is 0.868. The topological polar surface area (TPSA) is 29.3 Å². The molecule has 0 radical (unpaired) electrons. The van der Waals surface area contributed by atoms with Crippen molar-refractivity contribution in [3.63, 3.8) is 0 Å². The van der Waals surface area contributed by atoms with Crippen molar-refractivity contribution in [1.29, 1.82) is 0 Å². The Morgan fingerprint density at radius 3 is 2.13 bits per heavy atom. The van der Waals surface area contributed by atoms with Gasteiger partial charge in [-0.15, -0.1) is 0 Å². The first-order valence-corrected chi connectivity index (χ1v) is 15.5. The lowest BCUT2D eigenvalue weighted by Crippen LogP contribution is -2.15. The minimum absolute atomic E-state index is 0.0490. The highest BCUT2D eigenvalue weighted by Crippen LogP contribution is 2.50. The zero-order chi connectivity index (χ0) is 30.1. The molecule has 8 aromatic rings. The highest BCUT2D eigenvalue weighted by Gasteiger charge is 2.35. The number of rotatable bonds is 4. The van der Waals surface area contributed by atoms with Crippen molar-refractivity contribution >= 4 is 49.9 Å². The summed E-state index contributed by atoms with van der Waals surface area (Å²) >= 11 is 0. The molecule has 6 aromatic carbocycles. The molecule has 0 bridgehead atoms. The Labute approximate surface area is 262 Å². The van der Waals surface area contributed by atoms with Gasteiger partial charge in [0, 0.05) is 39.1 Å². The quantitative estimate of drug-likeness (QED) is 0.208. The maximum Gasteiger partial charge on any atom is 0.138 e. The zero-order valence-electron chi connectivity index (χ0n) is 25.2. The first-order chi connectivity index (χ1) is 22.1. The summed E-state index contributed by atoms with van der Waals surface area (Å²) in [6.45, 7) is 4.64. The van der Waals surface area contributed by atoms with Crippen molar-refractivity contribution in [1.82, 2.24) is 4.98 Å². The lowest BCUT2D eigenvalue weighted by atomic mass is 9.82. The van der Waals surface area contributed by atoms with E-state index in [-0.39, 0.29) is 5.41 Å². The maximum absolute atomic E-state index is 6.17. The Morgan fingerprint density at radius 1 is 0.556 bits per heavy atom. The Bertz CT molecular complexity index is 2400. The van der Waals surface area contributed by atoms with Crippen molar-refractivity contribution in [2.24, 2.45) is 0 Å². The van der Waals surface area contributed by atoms with E-state index in [1.165, 1.54) is 33.4 Å². The molecule has 1 aliphatic carbocycles. The van der Waals surface area contributed by atoms with E-state index in [1.807, 2.05) is 18.3 Å². The van der Waals surface area contributed by atoms with Gasteiger partial charge in [-0.05, 0) is 81.2 Å². The van der Waals surface area contributed by atoms with Crippen LogP contribution in [0.1, 0.15) is 25.0 Å². The Morgan fingerprint density at radius 2 is 1.27 bits per heavy atom. The van der Waals surface area contributed by atoms with Gasteiger partial charge in [0.15, 0.2) is 0 Å². The van der Waals surface area contributed by atoms with Gasteiger partial charge in [-0.25, -0.2) is 4.98 Å². The van der Waals surface area contributed by atoms with Crippen molar-refractivity contribution in [3.8, 4) is 22.3 Å². The first kappa shape index (κ1) is 25.8. The van der Waals surface area contributed by atoms with Crippen LogP contribution in [0.3, 0.4) is 0 Å². The fourth-order valence-corrected chi connectivity index (χ4v) is 7.25. The van der Waals surface area contributed by atoms with Crippen LogP contribution in [0, 0.1) is 0 Å². The smallest absolute Gasteiger partial charge is 0.138 e. The number of anilines is 3. The SMILES string of the molecule is CC1(C)c2ccccc2-c2cc(N(c3ccc(-c4ccccc4)cc3)c3cc4ccc5oc6ccccc6c5c4cn3)ccc21. The van der Waals surface area contributed by atoms with Gasteiger partial charge in [-0.1, -0.05) is 111 Å². The molecule has 45 heavy (non-hydrogen) atoms. The molecule has 3 heteroatoms. The van der Waals surface area contributed by atoms with Crippen LogP contribution < -0.4 is 4.90 Å². The van der Waals surface area contributed by atoms with Crippen LogP contribution in [0.4, 0.5) is 17.2 Å². The molecule has 9 rings (SSSR count). The van der Waals surface area contributed by atoms with Crippen molar-refractivity contribution < 1.29 is 4.42 Å². The second-order valence-electron chi connectivity index (χ2n) is 12.4. The lowest BCUT2D eigenvalue weighted by Gasteiger charge is -2.26. The molecule has 0 fully saturated rings. The second kappa shape index (κ2) is 9.67. The number of hydrogen-bond donors (Lipinski definition) is 0. The third kappa shape index (κ3) is 3.94. The number of nitrogens with zero attached hydrogens (tertiary/aromatic N) is 2. The van der Waals surface area contributed by atoms with Gasteiger partial charge in [-0.3, -0.25) is 4.90 Å². The number of pyridine rings is 1. The summed E-state index contributed by atoms with van der Waals surface area (Å²) in [7, 11) is 0. The fraction of sp³-hybridized carbons (Fsp3) is 0.0714. The average Bonchev–Trinajstić information content (AvgIpc) is 3.58. The number of furan rings is 1. The number of fused-ring (bicyclic) bond motifs is 8. The molecule has 0 spiro atoms. The summed E-state index contributed by atoms with van der Waals surface area (Å²) < 4.78 is 6.17. The zero-order valence-corrected chi connectivity index (χ0v) is 25.2. The van der Waals surface area contributed by atoms with E-state index in [9.17, 15) is 0 Å². The van der Waals surface area contributed by atoms with Gasteiger partial charge in [-0.2, -0.15) is 0 Å². The molecule has 3 nitrogen and oxygen atoms in total. The van der Waals surface area contributed by atoms with Gasteiger partial charge in [0.05, 0.1) is 0 Å². The molecule has 1 aliphatic rings. The number of hydrogen-bond acceptors (Lipinski definition) is 3. The maximum atomic E-state index is 6.17. The molecular weight excluding hydrogens is 548 g/mol. The lowest BCUT2D eigenvalue weighted by molar-refractivity contribution is 0.660. The highest BCUT2D eigenvalue weighted by atomic mass is 16.3. The summed E-state index contributed by atoms with van der Waals surface area (Å²) in [5.41, 5.74) is 11.6. The van der Waals surface area contributed by atoms with Crippen molar-refractivity contribution in [2.45, 2.75) is 19.3 Å². The summed E-state index contributed by atoms with van der Waals surface area (Å²) in [5, 5.41) is 4.43. The van der Waals surface area contributed by atoms with Gasteiger partial charge in [0.2, 0.25) is 0 Å². The summed E-state index contributed by atoms with van der Waals surface area (Å²) in [4.78, 5) is 7.41. The molecule has 0 saturated carbocycles. The number of benzene rings is 6. The first-order valence-electron chi connectivity index (χ1n) is 15.5. The molecular formula is C42H30N2O. The molecule has 0 amide bonds. The van der Waals surface area contributed by atoms with Crippen LogP contribution in [-0.2, 0) is 5.41 Å². The highest BCUT2D eigenvalue weighted by molar-refractivity contribution is 6.18. The minimum atomic E-state index is -0.0490. The largest absolute Gasteiger partial charge is 0.456 e. The standard InChI is InChI=1S/C42H30N2O/c1-42(2)36-14-8-6-12-32(36)34-25-31(21-22-37(34)42)44(30-19-16-28(17-20-30)27-10-4-3-5-11-27)40-24-29-18-23-39-41(35(29)26-43-40)33-13-7-9-15-38(33)45-39/h3-26H,1-2H3. The van der Waals surface area contributed by atoms with Crippen LogP contribution in [0.25, 0.3) is 55.0 Å². The number of para-hydroxylation sites is 1. The van der Waals surface area contributed by atoms with Crippen LogP contribution in [-0.4, -0.2) is 4.98 Å². The summed E-state index contributed by atoms with van der Waals surface area (Å²) in [6, 6.07) is 49.7. The van der Waals surface area contributed by atoms with E-state index in [1.54, 1.807) is 0 Å². The molecule has 214 valence electrons. The molecule has 2 aromatic heterocycles. The minimum Gasteiger partial charge on any atom is -0.456 e. The van der Waals surface area contributed by atoms with Gasteiger partial charge < -0.3 is 4.42 Å². The third-order valence-corrected chi connectivity index (χ3v) is 9.51. The van der Waals surface area contributed by atoms with Crippen LogP contribution in [0.2, 0.25) is 0 Å². The summed E-state index contributed by atoms with van der Waals surface area (Å²) in [6.07, 6.45) is 2.01. The Balaban J connectivity index is 1.24. The number of aromatic nitrogens is 1. The second-order valence-corrected chi connectivity index (χ2v) is 12.4. The van der Waals surface area contributed by atoms with Crippen LogP contribution in [0.5, 0.6) is 0 Å². The Hall–Kier alpha value is -5.67. The van der Waals surface area contributed by atoms with Gasteiger partial charge in [0.25, 0.3) is 0 Å². The monoisotopic (exact) mass is 578 g/mol. The van der Waals surface area contributed by atoms with Gasteiger partial charge >= 0.3 is 0 Å². The third-order valence-electron chi connectivity index (χ3n) is 9.51. The predicted octanol–water partition coefficient (Wildman–Crippen LogP) is 11.6.